The highest BCUT2D eigenvalue weighted by molar-refractivity contribution is 5.93. The molecule has 6 nitrogen and oxygen atoms in total. The number of amides is 1. The number of aliphatic hydroxyl groups excluding tert-OH is 1. The lowest BCUT2D eigenvalue weighted by Gasteiger charge is -2.20. The second kappa shape index (κ2) is 6.93. The molecule has 6 heteroatoms. The quantitative estimate of drug-likeness (QED) is 0.734. The number of rotatable bonds is 6. The molecular weight excluding hydrogens is 236 g/mol. The monoisotopic (exact) mass is 254 g/mol. The highest BCUT2D eigenvalue weighted by atomic mass is 16.5. The largest absolute Gasteiger partial charge is 0.395 e. The number of aliphatic hydroxyl groups is 1. The summed E-state index contributed by atoms with van der Waals surface area (Å²) in [6, 6.07) is 3.16. The summed E-state index contributed by atoms with van der Waals surface area (Å²) in [6.07, 6.45) is 0. The van der Waals surface area contributed by atoms with Gasteiger partial charge in [-0.25, -0.2) is 0 Å². The van der Waals surface area contributed by atoms with Gasteiger partial charge in [0.25, 0.3) is 11.5 Å². The molecule has 18 heavy (non-hydrogen) atoms. The van der Waals surface area contributed by atoms with E-state index in [9.17, 15) is 9.59 Å². The smallest absolute Gasteiger partial charge is 0.260 e. The van der Waals surface area contributed by atoms with Crippen LogP contribution in [-0.4, -0.2) is 54.3 Å². The van der Waals surface area contributed by atoms with E-state index in [-0.39, 0.29) is 18.7 Å². The second-order valence-corrected chi connectivity index (χ2v) is 3.89. The van der Waals surface area contributed by atoms with Crippen molar-refractivity contribution in [2.75, 3.05) is 33.4 Å². The van der Waals surface area contributed by atoms with Crippen molar-refractivity contribution in [3.8, 4) is 0 Å². The number of carbonyl (C=O) groups is 1. The van der Waals surface area contributed by atoms with E-state index in [0.717, 1.165) is 0 Å². The van der Waals surface area contributed by atoms with Crippen LogP contribution < -0.4 is 5.56 Å². The number of hydrogen-bond donors (Lipinski definition) is 2. The minimum absolute atomic E-state index is 0.0742. The summed E-state index contributed by atoms with van der Waals surface area (Å²) < 4.78 is 4.89. The number of ether oxygens (including phenoxy) is 1. The molecule has 1 amide bonds. The van der Waals surface area contributed by atoms with Gasteiger partial charge in [0.1, 0.15) is 5.56 Å². The zero-order valence-electron chi connectivity index (χ0n) is 10.6. The molecule has 0 saturated carbocycles. The highest BCUT2D eigenvalue weighted by Crippen LogP contribution is 2.00. The van der Waals surface area contributed by atoms with Crippen molar-refractivity contribution >= 4 is 5.91 Å². The fourth-order valence-corrected chi connectivity index (χ4v) is 1.55. The summed E-state index contributed by atoms with van der Waals surface area (Å²) in [5, 5.41) is 8.92. The summed E-state index contributed by atoms with van der Waals surface area (Å²) >= 11 is 0. The number of aryl methyl sites for hydroxylation is 1. The third-order valence-corrected chi connectivity index (χ3v) is 2.51. The first-order valence-electron chi connectivity index (χ1n) is 5.69. The zero-order chi connectivity index (χ0) is 13.5. The fraction of sp³-hybridized carbons (Fsp3) is 0.500. The summed E-state index contributed by atoms with van der Waals surface area (Å²) in [7, 11) is 1.53. The first-order valence-corrected chi connectivity index (χ1v) is 5.69. The minimum atomic E-state index is -0.416. The molecule has 1 heterocycles. The maximum atomic E-state index is 12.1. The molecule has 0 spiro atoms. The van der Waals surface area contributed by atoms with Gasteiger partial charge in [-0.1, -0.05) is 0 Å². The Morgan fingerprint density at radius 2 is 2.17 bits per heavy atom. The van der Waals surface area contributed by atoms with E-state index < -0.39 is 11.5 Å². The Bertz CT molecular complexity index is 456. The van der Waals surface area contributed by atoms with Crippen LogP contribution in [0.15, 0.2) is 16.9 Å². The summed E-state index contributed by atoms with van der Waals surface area (Å²) in [5.74, 6) is -0.401. The number of aromatic amines is 1. The van der Waals surface area contributed by atoms with E-state index >= 15 is 0 Å². The molecule has 1 aromatic heterocycles. The molecule has 0 fully saturated rings. The Morgan fingerprint density at radius 3 is 2.72 bits per heavy atom. The maximum Gasteiger partial charge on any atom is 0.260 e. The van der Waals surface area contributed by atoms with E-state index in [1.54, 1.807) is 13.0 Å². The lowest BCUT2D eigenvalue weighted by Crippen LogP contribution is -2.38. The number of nitrogens with one attached hydrogen (secondary N) is 1. The van der Waals surface area contributed by atoms with Crippen molar-refractivity contribution in [2.45, 2.75) is 6.92 Å². The summed E-state index contributed by atoms with van der Waals surface area (Å²) in [4.78, 5) is 27.7. The molecule has 0 aliphatic carbocycles. The van der Waals surface area contributed by atoms with Crippen LogP contribution in [-0.2, 0) is 4.74 Å². The van der Waals surface area contributed by atoms with Crippen LogP contribution in [0.2, 0.25) is 0 Å². The standard InChI is InChI=1S/C12H18N2O4/c1-9-3-4-10(11(16)13-9)12(17)14(5-7-15)6-8-18-2/h3-4,15H,5-8H2,1-2H3,(H,13,16). The first-order chi connectivity index (χ1) is 8.60. The summed E-state index contributed by atoms with van der Waals surface area (Å²) in [5.41, 5.74) is 0.354. The van der Waals surface area contributed by atoms with Crippen LogP contribution >= 0.6 is 0 Å². The molecule has 0 aliphatic rings. The number of nitrogens with zero attached hydrogens (tertiary/aromatic N) is 1. The van der Waals surface area contributed by atoms with Crippen LogP contribution in [0.3, 0.4) is 0 Å². The van der Waals surface area contributed by atoms with Crippen LogP contribution in [0.25, 0.3) is 0 Å². The average molecular weight is 254 g/mol. The molecule has 0 aliphatic heterocycles. The van der Waals surface area contributed by atoms with Gasteiger partial charge in [-0.2, -0.15) is 0 Å². The average Bonchev–Trinajstić information content (AvgIpc) is 2.33. The van der Waals surface area contributed by atoms with E-state index in [1.165, 1.54) is 18.1 Å². The van der Waals surface area contributed by atoms with Crippen LogP contribution in [0.4, 0.5) is 0 Å². The SMILES string of the molecule is COCCN(CCO)C(=O)c1ccc(C)[nH]c1=O. The van der Waals surface area contributed by atoms with Gasteiger partial charge in [-0.3, -0.25) is 9.59 Å². The molecule has 0 atom stereocenters. The van der Waals surface area contributed by atoms with Crippen molar-refractivity contribution in [1.82, 2.24) is 9.88 Å². The molecule has 0 bridgehead atoms. The molecule has 100 valence electrons. The van der Waals surface area contributed by atoms with Gasteiger partial charge >= 0.3 is 0 Å². The van der Waals surface area contributed by atoms with Crippen LogP contribution in [0, 0.1) is 6.92 Å². The van der Waals surface area contributed by atoms with Gasteiger partial charge in [0.15, 0.2) is 0 Å². The van der Waals surface area contributed by atoms with Crippen molar-refractivity contribution < 1.29 is 14.6 Å². The summed E-state index contributed by atoms with van der Waals surface area (Å²) in [6.45, 7) is 2.46. The predicted octanol–water partition coefficient (Wildman–Crippen LogP) is -0.236. The van der Waals surface area contributed by atoms with Crippen LogP contribution in [0.1, 0.15) is 16.1 Å². The molecule has 0 aromatic carbocycles. The molecule has 1 aromatic rings. The van der Waals surface area contributed by atoms with Crippen molar-refractivity contribution in [1.29, 1.82) is 0 Å². The van der Waals surface area contributed by atoms with E-state index in [2.05, 4.69) is 4.98 Å². The van der Waals surface area contributed by atoms with Crippen molar-refractivity contribution in [3.05, 3.63) is 33.7 Å². The van der Waals surface area contributed by atoms with Gasteiger partial charge in [-0.15, -0.1) is 0 Å². The van der Waals surface area contributed by atoms with Crippen molar-refractivity contribution in [3.63, 3.8) is 0 Å². The van der Waals surface area contributed by atoms with Gasteiger partial charge in [0.2, 0.25) is 0 Å². The number of hydrogen-bond acceptors (Lipinski definition) is 4. The third kappa shape index (κ3) is 3.68. The first kappa shape index (κ1) is 14.4. The van der Waals surface area contributed by atoms with Gasteiger partial charge in [0, 0.05) is 25.9 Å². The number of pyridine rings is 1. The lowest BCUT2D eigenvalue weighted by molar-refractivity contribution is 0.0654. The van der Waals surface area contributed by atoms with E-state index in [0.29, 0.717) is 18.8 Å². The number of carbonyl (C=O) groups excluding carboxylic acids is 1. The van der Waals surface area contributed by atoms with Crippen molar-refractivity contribution in [2.24, 2.45) is 0 Å². The Labute approximate surface area is 105 Å². The van der Waals surface area contributed by atoms with Gasteiger partial charge in [0.05, 0.1) is 13.2 Å². The molecule has 0 radical (unpaired) electrons. The Hall–Kier alpha value is -1.66. The second-order valence-electron chi connectivity index (χ2n) is 3.89. The molecule has 1 rings (SSSR count). The molecule has 2 N–H and O–H groups in total. The van der Waals surface area contributed by atoms with Gasteiger partial charge in [-0.05, 0) is 19.1 Å². The van der Waals surface area contributed by atoms with Gasteiger partial charge < -0.3 is 19.7 Å². The van der Waals surface area contributed by atoms with Crippen LogP contribution in [0.5, 0.6) is 0 Å². The third-order valence-electron chi connectivity index (χ3n) is 2.51. The Morgan fingerprint density at radius 1 is 1.44 bits per heavy atom. The maximum absolute atomic E-state index is 12.1. The molecular formula is C12H18N2O4. The Kier molecular flexibility index (Phi) is 5.54. The number of methoxy groups -OCH3 is 1. The van der Waals surface area contributed by atoms with E-state index in [1.807, 2.05) is 0 Å². The molecule has 0 unspecified atom stereocenters. The number of H-pyrrole nitrogens is 1. The lowest BCUT2D eigenvalue weighted by atomic mass is 10.2. The zero-order valence-corrected chi connectivity index (χ0v) is 10.6. The topological polar surface area (TPSA) is 82.6 Å². The molecule has 0 saturated heterocycles. The highest BCUT2D eigenvalue weighted by Gasteiger charge is 2.17. The Balaban J connectivity index is 2.90. The minimum Gasteiger partial charge on any atom is -0.395 e. The normalized spacial score (nSPS) is 10.4. The predicted molar refractivity (Wildman–Crippen MR) is 66.7 cm³/mol. The number of aromatic nitrogens is 1. The fourth-order valence-electron chi connectivity index (χ4n) is 1.55. The van der Waals surface area contributed by atoms with E-state index in [4.69, 9.17) is 9.84 Å².